The average molecular weight is 458 g/mol. The van der Waals surface area contributed by atoms with Crippen LogP contribution < -0.4 is 0 Å². The number of sulfonamides is 1. The van der Waals surface area contributed by atoms with E-state index in [0.717, 1.165) is 5.56 Å². The molecular weight excluding hydrogens is 426 g/mol. The highest BCUT2D eigenvalue weighted by atomic mass is 32.2. The van der Waals surface area contributed by atoms with Crippen molar-refractivity contribution in [3.05, 3.63) is 65.7 Å². The molecule has 2 saturated heterocycles. The molecule has 0 spiro atoms. The zero-order valence-corrected chi connectivity index (χ0v) is 19.7. The topological polar surface area (TPSA) is 72.9 Å². The highest BCUT2D eigenvalue weighted by molar-refractivity contribution is 7.89. The van der Waals surface area contributed by atoms with E-state index in [9.17, 15) is 13.2 Å². The summed E-state index contributed by atoms with van der Waals surface area (Å²) in [5.41, 5.74) is 1.56. The van der Waals surface area contributed by atoms with Crippen molar-refractivity contribution in [2.24, 2.45) is 0 Å². The smallest absolute Gasteiger partial charge is 0.243 e. The number of hydrogen-bond acceptors (Lipinski definition) is 5. The molecule has 0 saturated carbocycles. The van der Waals surface area contributed by atoms with Gasteiger partial charge in [-0.25, -0.2) is 8.42 Å². The van der Waals surface area contributed by atoms with Crippen molar-refractivity contribution in [3.8, 4) is 0 Å². The van der Waals surface area contributed by atoms with Gasteiger partial charge in [0.1, 0.15) is 6.10 Å². The molecular formula is C25H31NO5S. The number of hydrogen-bond donors (Lipinski definition) is 0. The average Bonchev–Trinajstić information content (AvgIpc) is 3.20. The SMILES string of the molecule is CCC1(CC)O[C@@H]2[C@@H](CCN(S(=O)(=O)c3ccc(C)cc3)[C@H]2CC(=O)c2ccccc2)O1. The summed E-state index contributed by atoms with van der Waals surface area (Å²) in [6.07, 6.45) is 1.20. The van der Waals surface area contributed by atoms with E-state index >= 15 is 0 Å². The number of carbonyl (C=O) groups is 1. The Hall–Kier alpha value is -2.06. The number of fused-ring (bicyclic) bond motifs is 1. The number of benzene rings is 2. The van der Waals surface area contributed by atoms with Gasteiger partial charge in [0.15, 0.2) is 11.6 Å². The van der Waals surface area contributed by atoms with Crippen LogP contribution in [0.2, 0.25) is 0 Å². The van der Waals surface area contributed by atoms with E-state index in [1.54, 1.807) is 36.4 Å². The summed E-state index contributed by atoms with van der Waals surface area (Å²) in [7, 11) is -3.80. The second-order valence-corrected chi connectivity index (χ2v) is 10.5. The van der Waals surface area contributed by atoms with Crippen molar-refractivity contribution in [1.29, 1.82) is 0 Å². The molecule has 6 nitrogen and oxygen atoms in total. The molecule has 0 bridgehead atoms. The fraction of sp³-hybridized carbons (Fsp3) is 0.480. The Morgan fingerprint density at radius 2 is 1.69 bits per heavy atom. The number of Topliss-reactive ketones (excluding diaryl/α,β-unsaturated/α-hetero) is 1. The van der Waals surface area contributed by atoms with Crippen molar-refractivity contribution in [2.75, 3.05) is 6.54 Å². The van der Waals surface area contributed by atoms with Crippen LogP contribution in [-0.4, -0.2) is 49.1 Å². The molecule has 0 aliphatic carbocycles. The van der Waals surface area contributed by atoms with Crippen LogP contribution in [-0.2, 0) is 19.5 Å². The first-order valence-corrected chi connectivity index (χ1v) is 12.8. The van der Waals surface area contributed by atoms with E-state index in [-0.39, 0.29) is 29.7 Å². The quantitative estimate of drug-likeness (QED) is 0.579. The summed E-state index contributed by atoms with van der Waals surface area (Å²) in [4.78, 5) is 13.4. The minimum Gasteiger partial charge on any atom is -0.344 e. The largest absolute Gasteiger partial charge is 0.344 e. The van der Waals surface area contributed by atoms with Gasteiger partial charge in [-0.05, 0) is 38.3 Å². The van der Waals surface area contributed by atoms with Crippen molar-refractivity contribution in [2.45, 2.75) is 75.4 Å². The first kappa shape index (κ1) is 23.1. The molecule has 0 radical (unpaired) electrons. The van der Waals surface area contributed by atoms with Gasteiger partial charge in [-0.15, -0.1) is 0 Å². The fourth-order valence-electron chi connectivity index (χ4n) is 4.71. The maximum atomic E-state index is 13.6. The van der Waals surface area contributed by atoms with Gasteiger partial charge >= 0.3 is 0 Å². The van der Waals surface area contributed by atoms with Crippen LogP contribution in [0.4, 0.5) is 0 Å². The van der Waals surface area contributed by atoms with Gasteiger partial charge in [-0.2, -0.15) is 4.31 Å². The van der Waals surface area contributed by atoms with E-state index in [1.807, 2.05) is 39.0 Å². The Bertz CT molecular complexity index is 1050. The fourth-order valence-corrected chi connectivity index (χ4v) is 6.35. The van der Waals surface area contributed by atoms with Crippen molar-refractivity contribution >= 4 is 15.8 Å². The predicted octanol–water partition coefficient (Wildman–Crippen LogP) is 4.33. The molecule has 0 unspecified atom stereocenters. The highest BCUT2D eigenvalue weighted by Gasteiger charge is 2.54. The number of rotatable bonds is 7. The van der Waals surface area contributed by atoms with E-state index in [4.69, 9.17) is 9.47 Å². The van der Waals surface area contributed by atoms with E-state index < -0.39 is 28.0 Å². The van der Waals surface area contributed by atoms with Crippen LogP contribution in [0.1, 0.15) is 55.5 Å². The predicted molar refractivity (Wildman–Crippen MR) is 122 cm³/mol. The van der Waals surface area contributed by atoms with E-state index in [2.05, 4.69) is 0 Å². The minimum absolute atomic E-state index is 0.0448. The molecule has 2 aliphatic heterocycles. The van der Waals surface area contributed by atoms with Gasteiger partial charge in [0.25, 0.3) is 0 Å². The van der Waals surface area contributed by atoms with E-state index in [0.29, 0.717) is 24.8 Å². The molecule has 4 rings (SSSR count). The molecule has 2 heterocycles. The zero-order valence-electron chi connectivity index (χ0n) is 18.9. The van der Waals surface area contributed by atoms with Crippen LogP contribution in [0.15, 0.2) is 59.5 Å². The number of aryl methyl sites for hydroxylation is 1. The molecule has 32 heavy (non-hydrogen) atoms. The van der Waals surface area contributed by atoms with Crippen LogP contribution in [0.5, 0.6) is 0 Å². The molecule has 2 aromatic rings. The maximum Gasteiger partial charge on any atom is 0.243 e. The lowest BCUT2D eigenvalue weighted by Crippen LogP contribution is -2.56. The summed E-state index contributed by atoms with van der Waals surface area (Å²) < 4.78 is 41.4. The summed E-state index contributed by atoms with van der Waals surface area (Å²) in [6.45, 7) is 6.22. The first-order chi connectivity index (χ1) is 15.3. The summed E-state index contributed by atoms with van der Waals surface area (Å²) in [5, 5.41) is 0. The number of ether oxygens (including phenoxy) is 2. The van der Waals surface area contributed by atoms with Crippen LogP contribution in [0.25, 0.3) is 0 Å². The molecule has 7 heteroatoms. The van der Waals surface area contributed by atoms with Gasteiger partial charge < -0.3 is 9.47 Å². The molecule has 2 aliphatic rings. The van der Waals surface area contributed by atoms with Gasteiger partial charge in [-0.1, -0.05) is 61.9 Å². The third kappa shape index (κ3) is 4.27. The molecule has 0 N–H and O–H groups in total. The minimum atomic E-state index is -3.80. The van der Waals surface area contributed by atoms with Gasteiger partial charge in [-0.3, -0.25) is 4.79 Å². The lowest BCUT2D eigenvalue weighted by molar-refractivity contribution is -0.180. The number of piperidine rings is 1. The molecule has 0 aromatic heterocycles. The third-order valence-corrected chi connectivity index (χ3v) is 8.60. The number of carbonyl (C=O) groups excluding carboxylic acids is 1. The Kier molecular flexibility index (Phi) is 6.54. The van der Waals surface area contributed by atoms with Crippen molar-refractivity contribution in [1.82, 2.24) is 4.31 Å². The monoisotopic (exact) mass is 457 g/mol. The Morgan fingerprint density at radius 3 is 2.31 bits per heavy atom. The lowest BCUT2D eigenvalue weighted by atomic mass is 9.92. The van der Waals surface area contributed by atoms with Crippen LogP contribution in [0, 0.1) is 6.92 Å². The Labute approximate surface area is 190 Å². The van der Waals surface area contributed by atoms with Gasteiger partial charge in [0.2, 0.25) is 10.0 Å². The molecule has 3 atom stereocenters. The normalized spacial score (nSPS) is 25.4. The summed E-state index contributed by atoms with van der Waals surface area (Å²) >= 11 is 0. The van der Waals surface area contributed by atoms with Gasteiger partial charge in [0.05, 0.1) is 17.0 Å². The molecule has 2 fully saturated rings. The molecule has 2 aromatic carbocycles. The summed E-state index contributed by atoms with van der Waals surface area (Å²) in [6, 6.07) is 15.2. The Balaban J connectivity index is 1.70. The van der Waals surface area contributed by atoms with Crippen LogP contribution >= 0.6 is 0 Å². The first-order valence-electron chi connectivity index (χ1n) is 11.3. The Morgan fingerprint density at radius 1 is 1.03 bits per heavy atom. The third-order valence-electron chi connectivity index (χ3n) is 6.66. The standard InChI is InChI=1S/C25H31NO5S/c1-4-25(5-2)30-23-15-16-26(32(28,29)20-13-11-18(3)12-14-20)21(24(23)31-25)17-22(27)19-9-7-6-8-10-19/h6-14,21,23-24H,4-5,15-17H2,1-3H3/t21-,23+,24-/m0/s1. The highest BCUT2D eigenvalue weighted by Crippen LogP contribution is 2.42. The van der Waals surface area contributed by atoms with Crippen LogP contribution in [0.3, 0.4) is 0 Å². The summed E-state index contributed by atoms with van der Waals surface area (Å²) in [5.74, 6) is -0.832. The number of nitrogens with zero attached hydrogens (tertiary/aromatic N) is 1. The van der Waals surface area contributed by atoms with Gasteiger partial charge in [0, 0.05) is 18.5 Å². The van der Waals surface area contributed by atoms with E-state index in [1.165, 1.54) is 4.31 Å². The second kappa shape index (κ2) is 9.06. The lowest BCUT2D eigenvalue weighted by Gasteiger charge is -2.40. The maximum absolute atomic E-state index is 13.6. The van der Waals surface area contributed by atoms with Crippen molar-refractivity contribution in [3.63, 3.8) is 0 Å². The molecule has 0 amide bonds. The van der Waals surface area contributed by atoms with Crippen molar-refractivity contribution < 1.29 is 22.7 Å². The second-order valence-electron chi connectivity index (χ2n) is 8.63. The number of ketones is 1. The zero-order chi connectivity index (χ0) is 22.9. The molecule has 172 valence electrons.